The van der Waals surface area contributed by atoms with E-state index in [0.717, 1.165) is 50.0 Å². The Morgan fingerprint density at radius 1 is 0.974 bits per heavy atom. The third-order valence-corrected chi connectivity index (χ3v) is 6.30. The largest absolute Gasteiger partial charge is 0.378 e. The average molecular weight is 535 g/mol. The number of hydrogen-bond acceptors (Lipinski definition) is 7. The molecule has 38 heavy (non-hydrogen) atoms. The first-order chi connectivity index (χ1) is 18.4. The highest BCUT2D eigenvalue weighted by Gasteiger charge is 2.32. The Hall–Kier alpha value is -2.53. The Balaban J connectivity index is 1.46. The van der Waals surface area contributed by atoms with Gasteiger partial charge in [-0.15, -0.1) is 0 Å². The first-order valence-corrected chi connectivity index (χ1v) is 13.8. The number of nitrogens with one attached hydrogen (secondary N) is 3. The van der Waals surface area contributed by atoms with Crippen LogP contribution in [-0.2, 0) is 30.3 Å². The van der Waals surface area contributed by atoms with Crippen molar-refractivity contribution < 1.29 is 28.6 Å². The van der Waals surface area contributed by atoms with Crippen molar-refractivity contribution in [3.05, 3.63) is 29.3 Å². The van der Waals surface area contributed by atoms with Gasteiger partial charge in [-0.2, -0.15) is 0 Å². The second kappa shape index (κ2) is 18.7. The molecule has 1 aliphatic heterocycles. The Kier molecular flexibility index (Phi) is 15.6. The fraction of sp³-hybridized carbons (Fsp3) is 0.679. The van der Waals surface area contributed by atoms with Gasteiger partial charge in [0.05, 0.1) is 39.6 Å². The summed E-state index contributed by atoms with van der Waals surface area (Å²) in [6.45, 7) is 11.4. The normalized spacial score (nSPS) is 13.4. The van der Waals surface area contributed by atoms with Crippen molar-refractivity contribution in [2.45, 2.75) is 65.5 Å². The number of benzene rings is 1. The molecule has 1 aliphatic rings. The monoisotopic (exact) mass is 534 g/mol. The molecule has 0 spiro atoms. The van der Waals surface area contributed by atoms with E-state index < -0.39 is 0 Å². The van der Waals surface area contributed by atoms with Crippen LogP contribution in [-0.4, -0.2) is 87.9 Å². The summed E-state index contributed by atoms with van der Waals surface area (Å²) < 4.78 is 16.3. The minimum atomic E-state index is -0.0604. The lowest BCUT2D eigenvalue weighted by molar-refractivity contribution is -0.119. The zero-order chi connectivity index (χ0) is 27.6. The molecule has 0 saturated carbocycles. The van der Waals surface area contributed by atoms with Crippen LogP contribution in [0.15, 0.2) is 18.2 Å². The molecule has 10 nitrogen and oxygen atoms in total. The molecule has 0 radical (unpaired) electrons. The maximum Gasteiger partial charge on any atom is 0.254 e. The van der Waals surface area contributed by atoms with E-state index in [1.807, 2.05) is 23.1 Å². The molecule has 214 valence electrons. The van der Waals surface area contributed by atoms with Gasteiger partial charge in [0.15, 0.2) is 0 Å². The number of ether oxygens (including phenoxy) is 3. The van der Waals surface area contributed by atoms with E-state index in [-0.39, 0.29) is 23.8 Å². The van der Waals surface area contributed by atoms with E-state index in [2.05, 4.69) is 29.8 Å². The molecule has 1 unspecified atom stereocenters. The number of carbonyl (C=O) groups is 3. The summed E-state index contributed by atoms with van der Waals surface area (Å²) >= 11 is 0. The van der Waals surface area contributed by atoms with Crippen LogP contribution in [0.3, 0.4) is 0 Å². The number of hydrogen-bond donors (Lipinski definition) is 3. The van der Waals surface area contributed by atoms with Crippen LogP contribution in [0.25, 0.3) is 0 Å². The van der Waals surface area contributed by atoms with Crippen molar-refractivity contribution in [2.24, 2.45) is 0 Å². The van der Waals surface area contributed by atoms with Crippen molar-refractivity contribution in [2.75, 3.05) is 64.6 Å². The van der Waals surface area contributed by atoms with Gasteiger partial charge in [-0.1, -0.05) is 19.4 Å². The minimum Gasteiger partial charge on any atom is -0.378 e. The summed E-state index contributed by atoms with van der Waals surface area (Å²) in [5.41, 5.74) is 2.38. The van der Waals surface area contributed by atoms with E-state index in [1.165, 1.54) is 6.92 Å². The van der Waals surface area contributed by atoms with Crippen molar-refractivity contribution in [3.8, 4) is 0 Å². The van der Waals surface area contributed by atoms with E-state index in [9.17, 15) is 14.4 Å². The molecule has 1 heterocycles. The summed E-state index contributed by atoms with van der Waals surface area (Å²) in [4.78, 5) is 37.9. The van der Waals surface area contributed by atoms with Gasteiger partial charge in [0, 0.05) is 55.8 Å². The number of rotatable bonds is 21. The fourth-order valence-corrected chi connectivity index (χ4v) is 4.26. The summed E-state index contributed by atoms with van der Waals surface area (Å²) in [6.07, 6.45) is 4.12. The number of unbranched alkanes of at least 4 members (excludes halogenated alkanes) is 1. The van der Waals surface area contributed by atoms with E-state index in [0.29, 0.717) is 64.7 Å². The van der Waals surface area contributed by atoms with Crippen molar-refractivity contribution in [3.63, 3.8) is 0 Å². The molecule has 0 saturated heterocycles. The molecule has 0 aromatic heterocycles. The SMILES string of the molecule is CCCC(C)N1Cc2c(NC(=O)CCCCNCCOCCOCCOCCNC(C)=O)cccc2C1=O. The molecular formula is C28H46N4O6. The molecular weight excluding hydrogens is 488 g/mol. The van der Waals surface area contributed by atoms with Gasteiger partial charge in [-0.05, 0) is 44.9 Å². The fourth-order valence-electron chi connectivity index (χ4n) is 4.26. The summed E-state index contributed by atoms with van der Waals surface area (Å²) in [6, 6.07) is 5.76. The topological polar surface area (TPSA) is 118 Å². The van der Waals surface area contributed by atoms with Gasteiger partial charge in [0.25, 0.3) is 5.91 Å². The highest BCUT2D eigenvalue weighted by atomic mass is 16.5. The van der Waals surface area contributed by atoms with Gasteiger partial charge in [-0.25, -0.2) is 0 Å². The quantitative estimate of drug-likeness (QED) is 0.208. The van der Waals surface area contributed by atoms with Crippen molar-refractivity contribution in [1.29, 1.82) is 0 Å². The molecule has 0 bridgehead atoms. The summed E-state index contributed by atoms with van der Waals surface area (Å²) in [5, 5.41) is 9.00. The third kappa shape index (κ3) is 11.9. The second-order valence-corrected chi connectivity index (χ2v) is 9.48. The van der Waals surface area contributed by atoms with Crippen LogP contribution in [0.2, 0.25) is 0 Å². The van der Waals surface area contributed by atoms with Gasteiger partial charge in [-0.3, -0.25) is 14.4 Å². The Bertz CT molecular complexity index is 866. The van der Waals surface area contributed by atoms with Crippen molar-refractivity contribution in [1.82, 2.24) is 15.5 Å². The number of amides is 3. The molecule has 2 rings (SSSR count). The Morgan fingerprint density at radius 3 is 2.34 bits per heavy atom. The molecule has 1 atom stereocenters. The summed E-state index contributed by atoms with van der Waals surface area (Å²) in [5.74, 6) is -0.0251. The maximum absolute atomic E-state index is 12.8. The molecule has 0 aliphatic carbocycles. The summed E-state index contributed by atoms with van der Waals surface area (Å²) in [7, 11) is 0. The van der Waals surface area contributed by atoms with Crippen LogP contribution in [0.1, 0.15) is 68.8 Å². The van der Waals surface area contributed by atoms with Gasteiger partial charge < -0.3 is 35.1 Å². The van der Waals surface area contributed by atoms with E-state index >= 15 is 0 Å². The van der Waals surface area contributed by atoms with Crippen molar-refractivity contribution >= 4 is 23.4 Å². The predicted octanol–water partition coefficient (Wildman–Crippen LogP) is 2.72. The first kappa shape index (κ1) is 31.7. The Labute approximate surface area is 227 Å². The minimum absolute atomic E-state index is 0.0210. The zero-order valence-corrected chi connectivity index (χ0v) is 23.3. The number of carbonyl (C=O) groups excluding carboxylic acids is 3. The van der Waals surface area contributed by atoms with Crippen LogP contribution in [0.4, 0.5) is 5.69 Å². The number of anilines is 1. The highest BCUT2D eigenvalue weighted by molar-refractivity contribution is 6.02. The Morgan fingerprint density at radius 2 is 1.66 bits per heavy atom. The molecule has 0 fully saturated rings. The lowest BCUT2D eigenvalue weighted by atomic mass is 10.1. The predicted molar refractivity (Wildman–Crippen MR) is 147 cm³/mol. The molecule has 10 heteroatoms. The standard InChI is InChI=1S/C28H46N4O6/c1-4-8-22(2)32-21-25-24(28(32)35)9-7-10-26(25)31-27(34)11-5-6-12-29-13-15-36-17-19-38-20-18-37-16-14-30-23(3)33/h7,9-10,22,29H,4-6,8,11-21H2,1-3H3,(H,30,33)(H,31,34). The second-order valence-electron chi connectivity index (χ2n) is 9.48. The highest BCUT2D eigenvalue weighted by Crippen LogP contribution is 2.31. The molecule has 3 amide bonds. The van der Waals surface area contributed by atoms with Crippen LogP contribution >= 0.6 is 0 Å². The number of nitrogens with zero attached hydrogens (tertiary/aromatic N) is 1. The smallest absolute Gasteiger partial charge is 0.254 e. The zero-order valence-electron chi connectivity index (χ0n) is 23.3. The molecule has 1 aromatic carbocycles. The lowest BCUT2D eigenvalue weighted by Gasteiger charge is -2.23. The van der Waals surface area contributed by atoms with Gasteiger partial charge >= 0.3 is 0 Å². The van der Waals surface area contributed by atoms with Gasteiger partial charge in [0.1, 0.15) is 0 Å². The van der Waals surface area contributed by atoms with Crippen LogP contribution in [0.5, 0.6) is 0 Å². The third-order valence-electron chi connectivity index (χ3n) is 6.30. The van der Waals surface area contributed by atoms with E-state index in [4.69, 9.17) is 14.2 Å². The lowest BCUT2D eigenvalue weighted by Crippen LogP contribution is -2.33. The maximum atomic E-state index is 12.8. The first-order valence-electron chi connectivity index (χ1n) is 13.8. The average Bonchev–Trinajstić information content (AvgIpc) is 3.23. The molecule has 1 aromatic rings. The van der Waals surface area contributed by atoms with E-state index in [1.54, 1.807) is 0 Å². The van der Waals surface area contributed by atoms with Gasteiger partial charge in [0.2, 0.25) is 11.8 Å². The number of fused-ring (bicyclic) bond motifs is 1. The van der Waals surface area contributed by atoms with Crippen LogP contribution < -0.4 is 16.0 Å². The van der Waals surface area contributed by atoms with Crippen LogP contribution in [0, 0.1) is 0 Å². The molecule has 3 N–H and O–H groups in total.